The van der Waals surface area contributed by atoms with E-state index in [0.29, 0.717) is 6.04 Å². The van der Waals surface area contributed by atoms with Crippen LogP contribution in [-0.4, -0.2) is 39.3 Å². The standard InChI is InChI=1S/C11H21N3OS/c1-9(2)13-10(8-15)4-5-16-11-6-12-14(3)7-11/h6-7,9-10,13,15H,4-5,8H2,1-3H3. The highest BCUT2D eigenvalue weighted by Gasteiger charge is 2.08. The topological polar surface area (TPSA) is 50.1 Å². The number of hydrogen-bond donors (Lipinski definition) is 2. The summed E-state index contributed by atoms with van der Waals surface area (Å²) in [5, 5.41) is 16.6. The molecule has 4 nitrogen and oxygen atoms in total. The number of aliphatic hydroxyl groups excluding tert-OH is 1. The molecule has 1 aromatic rings. The maximum absolute atomic E-state index is 9.19. The molecule has 0 aromatic carbocycles. The SMILES string of the molecule is CC(C)NC(CO)CCSc1cnn(C)c1. The fourth-order valence-corrected chi connectivity index (χ4v) is 2.48. The van der Waals surface area contributed by atoms with Crippen LogP contribution in [0.5, 0.6) is 0 Å². The lowest BCUT2D eigenvalue weighted by atomic mass is 10.2. The molecule has 0 amide bonds. The first-order chi connectivity index (χ1) is 7.61. The number of thioether (sulfide) groups is 1. The zero-order valence-corrected chi connectivity index (χ0v) is 11.0. The minimum atomic E-state index is 0.198. The van der Waals surface area contributed by atoms with E-state index in [0.717, 1.165) is 12.2 Å². The molecule has 1 heterocycles. The van der Waals surface area contributed by atoms with E-state index in [-0.39, 0.29) is 12.6 Å². The van der Waals surface area contributed by atoms with Crippen LogP contribution in [-0.2, 0) is 7.05 Å². The van der Waals surface area contributed by atoms with Gasteiger partial charge in [0.15, 0.2) is 0 Å². The first kappa shape index (κ1) is 13.5. The molecule has 16 heavy (non-hydrogen) atoms. The Morgan fingerprint density at radius 2 is 2.31 bits per heavy atom. The van der Waals surface area contributed by atoms with Gasteiger partial charge in [0.2, 0.25) is 0 Å². The Bertz CT molecular complexity index is 301. The van der Waals surface area contributed by atoms with Crippen molar-refractivity contribution >= 4 is 11.8 Å². The van der Waals surface area contributed by atoms with Crippen molar-refractivity contribution in [1.29, 1.82) is 0 Å². The minimum Gasteiger partial charge on any atom is -0.395 e. The van der Waals surface area contributed by atoms with Crippen LogP contribution >= 0.6 is 11.8 Å². The molecule has 0 spiro atoms. The van der Waals surface area contributed by atoms with Gasteiger partial charge in [-0.3, -0.25) is 4.68 Å². The normalized spacial score (nSPS) is 13.3. The van der Waals surface area contributed by atoms with Crippen molar-refractivity contribution < 1.29 is 5.11 Å². The second kappa shape index (κ2) is 6.93. The first-order valence-electron chi connectivity index (χ1n) is 5.60. The fourth-order valence-electron chi connectivity index (χ4n) is 1.49. The Kier molecular flexibility index (Phi) is 5.87. The second-order valence-electron chi connectivity index (χ2n) is 4.19. The van der Waals surface area contributed by atoms with Crippen molar-refractivity contribution in [1.82, 2.24) is 15.1 Å². The summed E-state index contributed by atoms with van der Waals surface area (Å²) in [5.41, 5.74) is 0. The summed E-state index contributed by atoms with van der Waals surface area (Å²) in [7, 11) is 1.92. The Balaban J connectivity index is 2.23. The van der Waals surface area contributed by atoms with E-state index in [9.17, 15) is 5.11 Å². The molecule has 1 rings (SSSR count). The van der Waals surface area contributed by atoms with Crippen molar-refractivity contribution in [3.05, 3.63) is 12.4 Å². The summed E-state index contributed by atoms with van der Waals surface area (Å²) in [5.74, 6) is 0.997. The highest BCUT2D eigenvalue weighted by Crippen LogP contribution is 2.17. The van der Waals surface area contributed by atoms with Crippen LogP contribution < -0.4 is 5.32 Å². The van der Waals surface area contributed by atoms with E-state index >= 15 is 0 Å². The summed E-state index contributed by atoms with van der Waals surface area (Å²) in [6, 6.07) is 0.615. The monoisotopic (exact) mass is 243 g/mol. The summed E-state index contributed by atoms with van der Waals surface area (Å²) >= 11 is 1.78. The van der Waals surface area contributed by atoms with Gasteiger partial charge in [0, 0.05) is 30.2 Å². The third-order valence-electron chi connectivity index (χ3n) is 2.21. The lowest BCUT2D eigenvalue weighted by Crippen LogP contribution is -2.37. The molecule has 5 heteroatoms. The molecule has 92 valence electrons. The van der Waals surface area contributed by atoms with Gasteiger partial charge in [-0.25, -0.2) is 0 Å². The predicted molar refractivity (Wildman–Crippen MR) is 67.7 cm³/mol. The van der Waals surface area contributed by atoms with Gasteiger partial charge in [0.1, 0.15) is 0 Å². The number of nitrogens with one attached hydrogen (secondary N) is 1. The van der Waals surface area contributed by atoms with Gasteiger partial charge in [-0.1, -0.05) is 13.8 Å². The largest absolute Gasteiger partial charge is 0.395 e. The Morgan fingerprint density at radius 3 is 2.81 bits per heavy atom. The molecule has 1 atom stereocenters. The third kappa shape index (κ3) is 5.01. The molecule has 0 aliphatic carbocycles. The average molecular weight is 243 g/mol. The lowest BCUT2D eigenvalue weighted by Gasteiger charge is -2.18. The van der Waals surface area contributed by atoms with E-state index < -0.39 is 0 Å². The number of aliphatic hydroxyl groups is 1. The van der Waals surface area contributed by atoms with E-state index in [4.69, 9.17) is 0 Å². The summed E-state index contributed by atoms with van der Waals surface area (Å²) in [6.07, 6.45) is 4.84. The van der Waals surface area contributed by atoms with E-state index in [1.54, 1.807) is 16.4 Å². The molecule has 1 unspecified atom stereocenters. The van der Waals surface area contributed by atoms with Gasteiger partial charge in [-0.15, -0.1) is 11.8 Å². The fraction of sp³-hybridized carbons (Fsp3) is 0.727. The smallest absolute Gasteiger partial charge is 0.0625 e. The van der Waals surface area contributed by atoms with Crippen LogP contribution in [0.25, 0.3) is 0 Å². The molecular formula is C11H21N3OS. The first-order valence-corrected chi connectivity index (χ1v) is 6.58. The molecule has 0 saturated heterocycles. The Labute approximate surface area is 101 Å². The predicted octanol–water partition coefficient (Wildman–Crippen LogP) is 1.26. The summed E-state index contributed by atoms with van der Waals surface area (Å²) in [4.78, 5) is 1.18. The molecule has 0 aliphatic rings. The molecule has 0 bridgehead atoms. The number of aromatic nitrogens is 2. The average Bonchev–Trinajstić information content (AvgIpc) is 2.62. The maximum Gasteiger partial charge on any atom is 0.0625 e. The molecular weight excluding hydrogens is 222 g/mol. The van der Waals surface area contributed by atoms with E-state index in [1.165, 1.54) is 4.90 Å². The minimum absolute atomic E-state index is 0.198. The molecule has 0 radical (unpaired) electrons. The van der Waals surface area contributed by atoms with E-state index in [1.807, 2.05) is 19.4 Å². The lowest BCUT2D eigenvalue weighted by molar-refractivity contribution is 0.232. The van der Waals surface area contributed by atoms with Crippen LogP contribution in [0, 0.1) is 0 Å². The summed E-state index contributed by atoms with van der Waals surface area (Å²) < 4.78 is 1.80. The van der Waals surface area contributed by atoms with E-state index in [2.05, 4.69) is 24.3 Å². The van der Waals surface area contributed by atoms with Crippen molar-refractivity contribution in [2.75, 3.05) is 12.4 Å². The van der Waals surface area contributed by atoms with Gasteiger partial charge >= 0.3 is 0 Å². The zero-order valence-electron chi connectivity index (χ0n) is 10.2. The van der Waals surface area contributed by atoms with Gasteiger partial charge in [-0.05, 0) is 12.2 Å². The summed E-state index contributed by atoms with van der Waals surface area (Å²) in [6.45, 7) is 4.39. The van der Waals surface area contributed by atoms with Gasteiger partial charge in [-0.2, -0.15) is 5.10 Å². The van der Waals surface area contributed by atoms with Crippen molar-refractivity contribution in [3.63, 3.8) is 0 Å². The number of aryl methyl sites for hydroxylation is 1. The Hall–Kier alpha value is -0.520. The quantitative estimate of drug-likeness (QED) is 0.708. The zero-order chi connectivity index (χ0) is 12.0. The van der Waals surface area contributed by atoms with Crippen molar-refractivity contribution in [3.8, 4) is 0 Å². The molecule has 0 fully saturated rings. The molecule has 1 aromatic heterocycles. The highest BCUT2D eigenvalue weighted by atomic mass is 32.2. The van der Waals surface area contributed by atoms with Crippen LogP contribution in [0.2, 0.25) is 0 Å². The van der Waals surface area contributed by atoms with Crippen LogP contribution in [0.4, 0.5) is 0 Å². The second-order valence-corrected chi connectivity index (χ2v) is 5.36. The number of rotatable bonds is 7. The van der Waals surface area contributed by atoms with Crippen LogP contribution in [0.3, 0.4) is 0 Å². The van der Waals surface area contributed by atoms with Crippen molar-refractivity contribution in [2.24, 2.45) is 7.05 Å². The van der Waals surface area contributed by atoms with Gasteiger partial charge in [0.25, 0.3) is 0 Å². The van der Waals surface area contributed by atoms with Crippen molar-refractivity contribution in [2.45, 2.75) is 37.2 Å². The van der Waals surface area contributed by atoms with Crippen LogP contribution in [0.15, 0.2) is 17.3 Å². The third-order valence-corrected chi connectivity index (χ3v) is 3.19. The maximum atomic E-state index is 9.19. The van der Waals surface area contributed by atoms with Crippen LogP contribution in [0.1, 0.15) is 20.3 Å². The number of hydrogen-bond acceptors (Lipinski definition) is 4. The molecule has 2 N–H and O–H groups in total. The number of nitrogens with zero attached hydrogens (tertiary/aromatic N) is 2. The molecule has 0 saturated carbocycles. The van der Waals surface area contributed by atoms with Gasteiger partial charge < -0.3 is 10.4 Å². The van der Waals surface area contributed by atoms with Gasteiger partial charge in [0.05, 0.1) is 12.8 Å². The molecule has 0 aliphatic heterocycles. The Morgan fingerprint density at radius 1 is 1.56 bits per heavy atom. The highest BCUT2D eigenvalue weighted by molar-refractivity contribution is 7.99.